The molecule has 6 nitrogen and oxygen atoms in total. The molecule has 0 bridgehead atoms. The largest absolute Gasteiger partial charge is 0.495 e. The number of amides is 1. The molecule has 3 rings (SSSR count). The number of methoxy groups -OCH3 is 2. The van der Waals surface area contributed by atoms with Crippen LogP contribution in [-0.2, 0) is 11.3 Å². The number of carbonyl (C=O) groups is 1. The minimum absolute atomic E-state index is 0.117. The van der Waals surface area contributed by atoms with E-state index in [1.807, 2.05) is 36.4 Å². The molecular formula is C21H19ClN2O4. The van der Waals surface area contributed by atoms with Gasteiger partial charge in [0.25, 0.3) is 0 Å². The molecule has 0 saturated heterocycles. The van der Waals surface area contributed by atoms with Crippen LogP contribution in [0.4, 0.5) is 10.5 Å². The molecule has 3 aromatic rings. The summed E-state index contributed by atoms with van der Waals surface area (Å²) < 4.78 is 15.7. The van der Waals surface area contributed by atoms with Crippen molar-refractivity contribution in [1.82, 2.24) is 4.98 Å². The number of rotatable bonds is 6. The highest BCUT2D eigenvalue weighted by molar-refractivity contribution is 6.32. The van der Waals surface area contributed by atoms with Crippen molar-refractivity contribution in [3.05, 3.63) is 71.5 Å². The monoisotopic (exact) mass is 398 g/mol. The van der Waals surface area contributed by atoms with Gasteiger partial charge in [0.15, 0.2) is 0 Å². The summed E-state index contributed by atoms with van der Waals surface area (Å²) in [5, 5.41) is 2.98. The van der Waals surface area contributed by atoms with Gasteiger partial charge >= 0.3 is 6.09 Å². The first-order valence-electron chi connectivity index (χ1n) is 8.45. The Balaban J connectivity index is 1.66. The van der Waals surface area contributed by atoms with E-state index in [0.717, 1.165) is 16.7 Å². The van der Waals surface area contributed by atoms with Crippen LogP contribution in [0.15, 0.2) is 60.9 Å². The lowest BCUT2D eigenvalue weighted by molar-refractivity contribution is 0.155. The maximum absolute atomic E-state index is 12.2. The summed E-state index contributed by atoms with van der Waals surface area (Å²) in [5.41, 5.74) is 3.24. The quantitative estimate of drug-likeness (QED) is 0.620. The molecule has 144 valence electrons. The van der Waals surface area contributed by atoms with Gasteiger partial charge in [-0.3, -0.25) is 10.3 Å². The predicted octanol–water partition coefficient (Wildman–Crippen LogP) is 5.17. The number of nitrogens with one attached hydrogen (secondary N) is 1. The van der Waals surface area contributed by atoms with Gasteiger partial charge in [-0.1, -0.05) is 35.9 Å². The third-order valence-corrected chi connectivity index (χ3v) is 4.30. The van der Waals surface area contributed by atoms with Crippen molar-refractivity contribution >= 4 is 23.4 Å². The van der Waals surface area contributed by atoms with Crippen LogP contribution in [0, 0.1) is 0 Å². The minimum Gasteiger partial charge on any atom is -0.495 e. The van der Waals surface area contributed by atoms with E-state index < -0.39 is 6.09 Å². The van der Waals surface area contributed by atoms with Crippen LogP contribution in [0.5, 0.6) is 11.5 Å². The molecule has 28 heavy (non-hydrogen) atoms. The Morgan fingerprint density at radius 2 is 1.82 bits per heavy atom. The number of nitrogens with zero attached hydrogens (tertiary/aromatic N) is 1. The number of aromatic nitrogens is 1. The molecule has 0 radical (unpaired) electrons. The number of anilines is 1. The summed E-state index contributed by atoms with van der Waals surface area (Å²) in [6, 6.07) is 14.7. The third-order valence-electron chi connectivity index (χ3n) is 4.00. The smallest absolute Gasteiger partial charge is 0.412 e. The molecule has 1 heterocycles. The first-order valence-corrected chi connectivity index (χ1v) is 8.83. The average molecular weight is 399 g/mol. The standard InChI is InChI=1S/C21H19ClN2O4/c1-26-19-11-20(27-2)18(10-17(19)22)24-21(25)28-13-14-5-3-6-15(9-14)16-7-4-8-23-12-16/h3-12H,13H2,1-2H3,(H,24,25). The molecule has 0 saturated carbocycles. The Labute approximate surface area is 168 Å². The summed E-state index contributed by atoms with van der Waals surface area (Å²) in [6.45, 7) is 0.117. The zero-order chi connectivity index (χ0) is 19.9. The third kappa shape index (κ3) is 4.72. The van der Waals surface area contributed by atoms with Crippen LogP contribution in [0.25, 0.3) is 11.1 Å². The van der Waals surface area contributed by atoms with Crippen molar-refractivity contribution in [1.29, 1.82) is 0 Å². The molecule has 0 atom stereocenters. The van der Waals surface area contributed by atoms with E-state index in [2.05, 4.69) is 10.3 Å². The molecule has 0 aliphatic heterocycles. The molecule has 1 N–H and O–H groups in total. The Hall–Kier alpha value is -3.25. The highest BCUT2D eigenvalue weighted by atomic mass is 35.5. The summed E-state index contributed by atoms with van der Waals surface area (Å²) in [4.78, 5) is 16.3. The zero-order valence-electron chi connectivity index (χ0n) is 15.4. The first kappa shape index (κ1) is 19.5. The van der Waals surface area contributed by atoms with Crippen LogP contribution in [0.1, 0.15) is 5.56 Å². The fourth-order valence-electron chi connectivity index (χ4n) is 2.63. The maximum Gasteiger partial charge on any atom is 0.412 e. The van der Waals surface area contributed by atoms with E-state index in [9.17, 15) is 4.79 Å². The Morgan fingerprint density at radius 1 is 1.04 bits per heavy atom. The maximum atomic E-state index is 12.2. The normalized spacial score (nSPS) is 10.2. The average Bonchev–Trinajstić information content (AvgIpc) is 2.73. The van der Waals surface area contributed by atoms with Crippen molar-refractivity contribution in [3.8, 4) is 22.6 Å². The summed E-state index contributed by atoms with van der Waals surface area (Å²) >= 11 is 6.11. The first-order chi connectivity index (χ1) is 13.6. The van der Waals surface area contributed by atoms with E-state index in [0.29, 0.717) is 22.2 Å². The lowest BCUT2D eigenvalue weighted by Crippen LogP contribution is -2.14. The second-order valence-corrected chi connectivity index (χ2v) is 6.24. The summed E-state index contributed by atoms with van der Waals surface area (Å²) in [5.74, 6) is 0.862. The van der Waals surface area contributed by atoms with E-state index in [1.54, 1.807) is 24.5 Å². The molecule has 0 spiro atoms. The van der Waals surface area contributed by atoms with Crippen molar-refractivity contribution in [2.45, 2.75) is 6.61 Å². The topological polar surface area (TPSA) is 69.7 Å². The van der Waals surface area contributed by atoms with Crippen molar-refractivity contribution < 1.29 is 19.0 Å². The number of carbonyl (C=O) groups excluding carboxylic acids is 1. The number of ether oxygens (including phenoxy) is 3. The van der Waals surface area contributed by atoms with E-state index in [-0.39, 0.29) is 6.61 Å². The van der Waals surface area contributed by atoms with Gasteiger partial charge in [-0.15, -0.1) is 0 Å². The van der Waals surface area contributed by atoms with E-state index in [4.69, 9.17) is 25.8 Å². The van der Waals surface area contributed by atoms with Gasteiger partial charge in [0.2, 0.25) is 0 Å². The fraction of sp³-hybridized carbons (Fsp3) is 0.143. The zero-order valence-corrected chi connectivity index (χ0v) is 16.2. The van der Waals surface area contributed by atoms with Crippen LogP contribution < -0.4 is 14.8 Å². The van der Waals surface area contributed by atoms with Crippen LogP contribution >= 0.6 is 11.6 Å². The van der Waals surface area contributed by atoms with Gasteiger partial charge in [0.1, 0.15) is 18.1 Å². The minimum atomic E-state index is -0.619. The molecule has 2 aromatic carbocycles. The number of hydrogen-bond acceptors (Lipinski definition) is 5. The number of pyridine rings is 1. The molecule has 1 aromatic heterocycles. The molecule has 1 amide bonds. The molecule has 7 heteroatoms. The van der Waals surface area contributed by atoms with Crippen molar-refractivity contribution in [2.75, 3.05) is 19.5 Å². The second kappa shape index (κ2) is 9.10. The van der Waals surface area contributed by atoms with Crippen molar-refractivity contribution in [3.63, 3.8) is 0 Å². The number of hydrogen-bond donors (Lipinski definition) is 1. The molecular weight excluding hydrogens is 380 g/mol. The van der Waals surface area contributed by atoms with E-state index in [1.165, 1.54) is 14.2 Å². The molecule has 0 aliphatic carbocycles. The van der Waals surface area contributed by atoms with Gasteiger partial charge in [-0.2, -0.15) is 0 Å². The Kier molecular flexibility index (Phi) is 6.34. The van der Waals surface area contributed by atoms with Gasteiger partial charge in [0, 0.05) is 18.5 Å². The Bertz CT molecular complexity index is 964. The van der Waals surface area contributed by atoms with Gasteiger partial charge in [-0.05, 0) is 34.9 Å². The van der Waals surface area contributed by atoms with Crippen LogP contribution in [-0.4, -0.2) is 25.3 Å². The number of halogens is 1. The van der Waals surface area contributed by atoms with Gasteiger partial charge in [-0.25, -0.2) is 4.79 Å². The van der Waals surface area contributed by atoms with Gasteiger partial charge in [0.05, 0.1) is 24.9 Å². The lowest BCUT2D eigenvalue weighted by atomic mass is 10.1. The highest BCUT2D eigenvalue weighted by Crippen LogP contribution is 2.36. The molecule has 0 aliphatic rings. The molecule has 0 fully saturated rings. The lowest BCUT2D eigenvalue weighted by Gasteiger charge is -2.13. The van der Waals surface area contributed by atoms with Crippen molar-refractivity contribution in [2.24, 2.45) is 0 Å². The van der Waals surface area contributed by atoms with Crippen LogP contribution in [0.3, 0.4) is 0 Å². The van der Waals surface area contributed by atoms with Gasteiger partial charge < -0.3 is 14.2 Å². The molecule has 0 unspecified atom stereocenters. The predicted molar refractivity (Wildman–Crippen MR) is 108 cm³/mol. The number of benzene rings is 2. The highest BCUT2D eigenvalue weighted by Gasteiger charge is 2.13. The SMILES string of the molecule is COc1cc(OC)c(NC(=O)OCc2cccc(-c3cccnc3)c2)cc1Cl. The van der Waals surface area contributed by atoms with E-state index >= 15 is 0 Å². The fourth-order valence-corrected chi connectivity index (χ4v) is 2.87. The second-order valence-electron chi connectivity index (χ2n) is 5.83. The summed E-state index contributed by atoms with van der Waals surface area (Å²) in [7, 11) is 2.99. The Morgan fingerprint density at radius 3 is 2.54 bits per heavy atom. The van der Waals surface area contributed by atoms with Crippen LogP contribution in [0.2, 0.25) is 5.02 Å². The summed E-state index contributed by atoms with van der Waals surface area (Å²) in [6.07, 6.45) is 2.89.